The van der Waals surface area contributed by atoms with Crippen LogP contribution in [0.2, 0.25) is 0 Å². The molecule has 17 aromatic carbocycles. The lowest BCUT2D eigenvalue weighted by Crippen LogP contribution is -1.97. The monoisotopic (exact) mass is 1380 g/mol. The van der Waals surface area contributed by atoms with Crippen molar-refractivity contribution in [1.29, 1.82) is 0 Å². The van der Waals surface area contributed by atoms with Crippen LogP contribution in [0, 0.1) is 0 Å². The first kappa shape index (κ1) is 64.2. The van der Waals surface area contributed by atoms with E-state index in [9.17, 15) is 0 Å². The summed E-state index contributed by atoms with van der Waals surface area (Å²) in [6, 6.07) is 148. The van der Waals surface area contributed by atoms with Gasteiger partial charge < -0.3 is 13.7 Å². The number of rotatable bonds is 11. The highest BCUT2D eigenvalue weighted by Gasteiger charge is 2.23. The molecule has 0 bridgehead atoms. The van der Waals surface area contributed by atoms with Gasteiger partial charge in [-0.1, -0.05) is 299 Å². The minimum atomic E-state index is 0. The molecule has 4 heteroatoms. The summed E-state index contributed by atoms with van der Waals surface area (Å²) in [5.41, 5.74) is 30.0. The van der Waals surface area contributed by atoms with Gasteiger partial charge in [0.1, 0.15) is 0 Å². The van der Waals surface area contributed by atoms with E-state index in [2.05, 4.69) is 420 Å². The summed E-state index contributed by atoms with van der Waals surface area (Å²) in [6.07, 6.45) is 0. The van der Waals surface area contributed by atoms with Crippen molar-refractivity contribution >= 4 is 96.9 Å². The Balaban J connectivity index is 0.000000153. The highest BCUT2D eigenvalue weighted by atomic mass is 32.1. The van der Waals surface area contributed by atoms with Gasteiger partial charge in [-0.3, -0.25) is 0 Å². The predicted octanol–water partition coefficient (Wildman–Crippen LogP) is 29.0. The summed E-state index contributed by atoms with van der Waals surface area (Å²) < 4.78 is 10.1. The maximum absolute atomic E-state index is 2.51. The Hall–Kier alpha value is -13.6. The van der Waals surface area contributed by atoms with Gasteiger partial charge in [0.2, 0.25) is 0 Å². The SMILES string of the molecule is C.c1ccc(-c2cc(-c3ccccc3)cc(-c3ccc(-n4c5ccccc5c5c4ccc4c6ccccc6n(-c6cc(-c7ccccc7)cc(-c7ccccc7)c6)c45)cc3)c2)cc1.c1ccc(-c2cc(-c3ccccc3)cc(-c3ccc(-n4c5ccccc5c5c6sc7ccccc7c6ccc54)cc3)c2)cc1. The maximum atomic E-state index is 2.51. The van der Waals surface area contributed by atoms with Gasteiger partial charge in [-0.05, 0) is 204 Å². The zero-order valence-corrected chi connectivity index (χ0v) is 58.7. The number of hydrogen-bond acceptors (Lipinski definition) is 1. The standard InChI is InChI=1S/C60H40N2.C42H27NS.CH4/c1-5-17-41(18-6-1)46-35-47(42-19-7-2-8-20-42)37-48(36-46)45-29-31-51(32-30-45)61-57-28-16-14-26-55(57)59-58(61)34-33-54-53-25-13-15-27-56(53)62(60(54)59)52-39-49(43-21-9-3-10-22-43)38-50(40-52)44-23-11-4-12-24-44;1-3-11-28(12-4-1)31-25-32(29-13-5-2-6-14-29)27-33(26-31)30-19-21-34(22-20-30)43-38-17-9-7-16-37(38)41-39(43)24-23-36-35-15-8-10-18-40(35)44-42(36)41;/h1-40H;1-27H;1H4. The molecule has 4 aromatic heterocycles. The molecule has 0 saturated heterocycles. The van der Waals surface area contributed by atoms with Crippen LogP contribution in [-0.4, -0.2) is 13.7 Å². The van der Waals surface area contributed by atoms with E-state index in [4.69, 9.17) is 0 Å². The molecule has 3 nitrogen and oxygen atoms in total. The number of hydrogen-bond donors (Lipinski definition) is 0. The molecule has 0 N–H and O–H groups in total. The van der Waals surface area contributed by atoms with Crippen LogP contribution in [0.25, 0.3) is 192 Å². The number of benzene rings is 17. The maximum Gasteiger partial charge on any atom is 0.0641 e. The normalized spacial score (nSPS) is 11.5. The van der Waals surface area contributed by atoms with Crippen LogP contribution in [-0.2, 0) is 0 Å². The Morgan fingerprint density at radius 1 is 0.168 bits per heavy atom. The number of fused-ring (bicyclic) bond motifs is 14. The van der Waals surface area contributed by atoms with Gasteiger partial charge in [0.05, 0.1) is 33.1 Å². The van der Waals surface area contributed by atoms with Crippen LogP contribution in [0.1, 0.15) is 7.43 Å². The topological polar surface area (TPSA) is 14.8 Å². The molecule has 21 aromatic rings. The quantitative estimate of drug-likeness (QED) is 0.123. The van der Waals surface area contributed by atoms with Crippen LogP contribution >= 0.6 is 11.3 Å². The average Bonchev–Trinajstić information content (AvgIpc) is 1.53. The minimum Gasteiger partial charge on any atom is -0.309 e. The average molecular weight is 1380 g/mol. The summed E-state index contributed by atoms with van der Waals surface area (Å²) in [6.45, 7) is 0. The van der Waals surface area contributed by atoms with Gasteiger partial charge in [0.15, 0.2) is 0 Å². The van der Waals surface area contributed by atoms with Gasteiger partial charge in [-0.25, -0.2) is 0 Å². The van der Waals surface area contributed by atoms with Crippen molar-refractivity contribution < 1.29 is 0 Å². The molecule has 0 aliphatic carbocycles. The minimum absolute atomic E-state index is 0. The Bertz CT molecular complexity index is 6700. The molecule has 504 valence electrons. The molecule has 0 radical (unpaired) electrons. The van der Waals surface area contributed by atoms with E-state index in [-0.39, 0.29) is 7.43 Å². The molecule has 0 atom stereocenters. The third-order valence-electron chi connectivity index (χ3n) is 21.3. The van der Waals surface area contributed by atoms with Crippen LogP contribution in [0.5, 0.6) is 0 Å². The van der Waals surface area contributed by atoms with Crippen molar-refractivity contribution in [2.45, 2.75) is 7.43 Å². The first-order chi connectivity index (χ1) is 52.6. The highest BCUT2D eigenvalue weighted by Crippen LogP contribution is 2.47. The first-order valence-electron chi connectivity index (χ1n) is 36.4. The van der Waals surface area contributed by atoms with Crippen LogP contribution < -0.4 is 0 Å². The smallest absolute Gasteiger partial charge is 0.0641 e. The molecule has 0 spiro atoms. The van der Waals surface area contributed by atoms with E-state index in [1.807, 2.05) is 11.3 Å². The Morgan fingerprint density at radius 2 is 0.458 bits per heavy atom. The summed E-state index contributed by atoms with van der Waals surface area (Å²) in [5, 5.41) is 10.3. The third kappa shape index (κ3) is 11.5. The third-order valence-corrected chi connectivity index (χ3v) is 22.5. The van der Waals surface area contributed by atoms with Gasteiger partial charge in [0.25, 0.3) is 0 Å². The molecule has 4 heterocycles. The van der Waals surface area contributed by atoms with Crippen molar-refractivity contribution in [3.8, 4) is 106 Å². The molecule has 0 aliphatic rings. The van der Waals surface area contributed by atoms with E-state index in [0.29, 0.717) is 0 Å². The van der Waals surface area contributed by atoms with Gasteiger partial charge in [-0.15, -0.1) is 11.3 Å². The fourth-order valence-electron chi connectivity index (χ4n) is 16.3. The second kappa shape index (κ2) is 27.2. The molecular weight excluding hydrogens is 1310 g/mol. The molecular formula is C103H71N3S. The van der Waals surface area contributed by atoms with Gasteiger partial charge in [-0.2, -0.15) is 0 Å². The lowest BCUT2D eigenvalue weighted by atomic mass is 9.93. The van der Waals surface area contributed by atoms with Gasteiger partial charge >= 0.3 is 0 Å². The van der Waals surface area contributed by atoms with E-state index >= 15 is 0 Å². The summed E-state index contributed by atoms with van der Waals surface area (Å²) >= 11 is 1.90. The van der Waals surface area contributed by atoms with Crippen LogP contribution in [0.3, 0.4) is 0 Å². The first-order valence-corrected chi connectivity index (χ1v) is 37.2. The van der Waals surface area contributed by atoms with Crippen LogP contribution in [0.4, 0.5) is 0 Å². The number of aromatic nitrogens is 3. The van der Waals surface area contributed by atoms with Crippen LogP contribution in [0.15, 0.2) is 406 Å². The predicted molar refractivity (Wildman–Crippen MR) is 459 cm³/mol. The summed E-state index contributed by atoms with van der Waals surface area (Å²) in [4.78, 5) is 0. The number of nitrogens with zero attached hydrogens (tertiary/aromatic N) is 3. The largest absolute Gasteiger partial charge is 0.309 e. The second-order valence-corrected chi connectivity index (χ2v) is 28.6. The van der Waals surface area contributed by atoms with E-state index in [1.54, 1.807) is 0 Å². The summed E-state index contributed by atoms with van der Waals surface area (Å²) in [5.74, 6) is 0. The van der Waals surface area contributed by atoms with Gasteiger partial charge in [0, 0.05) is 69.6 Å². The fraction of sp³-hybridized carbons (Fsp3) is 0.00971. The lowest BCUT2D eigenvalue weighted by Gasteiger charge is -2.15. The van der Waals surface area contributed by atoms with Crippen molar-refractivity contribution in [1.82, 2.24) is 13.7 Å². The number of thiophene rings is 1. The Morgan fingerprint density at radius 3 is 0.850 bits per heavy atom. The number of para-hydroxylation sites is 3. The zero-order valence-electron chi connectivity index (χ0n) is 57.9. The molecule has 0 aliphatic heterocycles. The molecule has 0 fully saturated rings. The highest BCUT2D eigenvalue weighted by molar-refractivity contribution is 7.26. The lowest BCUT2D eigenvalue weighted by molar-refractivity contribution is 1.17. The molecule has 107 heavy (non-hydrogen) atoms. The van der Waals surface area contributed by atoms with Crippen molar-refractivity contribution in [2.24, 2.45) is 0 Å². The molecule has 21 rings (SSSR count). The van der Waals surface area contributed by atoms with Crippen molar-refractivity contribution in [3.05, 3.63) is 406 Å². The zero-order chi connectivity index (χ0) is 70.0. The molecule has 0 saturated carbocycles. The second-order valence-electron chi connectivity index (χ2n) is 27.5. The Kier molecular flexibility index (Phi) is 16.3. The van der Waals surface area contributed by atoms with Crippen molar-refractivity contribution in [2.75, 3.05) is 0 Å². The Labute approximate surface area is 626 Å². The van der Waals surface area contributed by atoms with E-state index in [0.717, 1.165) is 11.4 Å². The van der Waals surface area contributed by atoms with Crippen molar-refractivity contribution in [3.63, 3.8) is 0 Å². The molecule has 0 amide bonds. The summed E-state index contributed by atoms with van der Waals surface area (Å²) in [7, 11) is 0. The van der Waals surface area contributed by atoms with E-state index in [1.165, 1.54) is 180 Å². The molecule has 0 unspecified atom stereocenters. The van der Waals surface area contributed by atoms with E-state index < -0.39 is 0 Å². The fourth-order valence-corrected chi connectivity index (χ4v) is 17.5.